The van der Waals surface area contributed by atoms with Gasteiger partial charge in [-0.1, -0.05) is 6.07 Å². The van der Waals surface area contributed by atoms with Gasteiger partial charge in [-0.25, -0.2) is 4.98 Å². The Balaban J connectivity index is 2.06. The summed E-state index contributed by atoms with van der Waals surface area (Å²) >= 11 is 0. The summed E-state index contributed by atoms with van der Waals surface area (Å²) in [5.74, 6) is 0.902. The van der Waals surface area contributed by atoms with Crippen LogP contribution in [0.15, 0.2) is 18.2 Å². The van der Waals surface area contributed by atoms with Crippen molar-refractivity contribution >= 4 is 22.5 Å². The molecule has 1 fully saturated rings. The molecule has 96 valence electrons. The van der Waals surface area contributed by atoms with Gasteiger partial charge in [0.15, 0.2) is 5.82 Å². The third kappa shape index (κ3) is 1.56. The summed E-state index contributed by atoms with van der Waals surface area (Å²) in [6.07, 6.45) is 2.42. The fourth-order valence-corrected chi connectivity index (χ4v) is 2.69. The van der Waals surface area contributed by atoms with E-state index in [1.807, 2.05) is 6.07 Å². The quantitative estimate of drug-likeness (QED) is 0.660. The van der Waals surface area contributed by atoms with Gasteiger partial charge >= 0.3 is 0 Å². The van der Waals surface area contributed by atoms with Crippen molar-refractivity contribution in [3.05, 3.63) is 23.8 Å². The zero-order valence-electron chi connectivity index (χ0n) is 10.7. The van der Waals surface area contributed by atoms with Gasteiger partial charge in [0, 0.05) is 13.1 Å². The van der Waals surface area contributed by atoms with E-state index in [-0.39, 0.29) is 0 Å². The van der Waals surface area contributed by atoms with E-state index in [0.29, 0.717) is 0 Å². The van der Waals surface area contributed by atoms with Crippen LogP contribution < -0.4 is 4.90 Å². The molecular formula is C13H14N6. The van der Waals surface area contributed by atoms with Gasteiger partial charge < -0.3 is 4.90 Å². The molecule has 19 heavy (non-hydrogen) atoms. The number of tetrazole rings is 1. The van der Waals surface area contributed by atoms with Crippen LogP contribution in [0.25, 0.3) is 16.7 Å². The molecule has 3 heterocycles. The van der Waals surface area contributed by atoms with Crippen LogP contribution in [0.2, 0.25) is 0 Å². The predicted molar refractivity (Wildman–Crippen MR) is 72.3 cm³/mol. The van der Waals surface area contributed by atoms with Crippen molar-refractivity contribution in [1.29, 1.82) is 0 Å². The summed E-state index contributed by atoms with van der Waals surface area (Å²) in [6, 6.07) is 6.17. The summed E-state index contributed by atoms with van der Waals surface area (Å²) in [5, 5.41) is 12.1. The summed E-state index contributed by atoms with van der Waals surface area (Å²) in [7, 11) is 0. The van der Waals surface area contributed by atoms with E-state index in [4.69, 9.17) is 4.98 Å². The SMILES string of the molecule is Cc1ccc2nc(N3CCCC3)c3nnnn3c2c1. The highest BCUT2D eigenvalue weighted by Gasteiger charge is 2.20. The summed E-state index contributed by atoms with van der Waals surface area (Å²) in [5.41, 5.74) is 3.83. The van der Waals surface area contributed by atoms with Crippen molar-refractivity contribution in [3.63, 3.8) is 0 Å². The van der Waals surface area contributed by atoms with Gasteiger partial charge in [0.2, 0.25) is 5.65 Å². The summed E-state index contributed by atoms with van der Waals surface area (Å²) < 4.78 is 1.79. The number of nitrogens with zero attached hydrogens (tertiary/aromatic N) is 6. The van der Waals surface area contributed by atoms with Crippen LogP contribution in [0.5, 0.6) is 0 Å². The number of rotatable bonds is 1. The van der Waals surface area contributed by atoms with Gasteiger partial charge in [0.25, 0.3) is 0 Å². The highest BCUT2D eigenvalue weighted by atomic mass is 15.5. The molecule has 0 radical (unpaired) electrons. The zero-order chi connectivity index (χ0) is 12.8. The highest BCUT2D eigenvalue weighted by molar-refractivity contribution is 5.82. The largest absolute Gasteiger partial charge is 0.353 e. The van der Waals surface area contributed by atoms with Gasteiger partial charge in [0.05, 0.1) is 11.0 Å². The van der Waals surface area contributed by atoms with E-state index >= 15 is 0 Å². The van der Waals surface area contributed by atoms with Crippen molar-refractivity contribution in [2.75, 3.05) is 18.0 Å². The van der Waals surface area contributed by atoms with Crippen molar-refractivity contribution in [1.82, 2.24) is 25.0 Å². The Kier molecular flexibility index (Phi) is 2.18. The Hall–Kier alpha value is -2.24. The average Bonchev–Trinajstić information content (AvgIpc) is 3.09. The Bertz CT molecular complexity index is 756. The number of anilines is 1. The first-order chi connectivity index (χ1) is 9.33. The fraction of sp³-hybridized carbons (Fsp3) is 0.385. The molecule has 0 N–H and O–H groups in total. The number of fused-ring (bicyclic) bond motifs is 3. The monoisotopic (exact) mass is 254 g/mol. The third-order valence-corrected chi connectivity index (χ3v) is 3.66. The van der Waals surface area contributed by atoms with Crippen LogP contribution >= 0.6 is 0 Å². The van der Waals surface area contributed by atoms with Gasteiger partial charge in [-0.3, -0.25) is 0 Å². The normalized spacial score (nSPS) is 15.7. The molecule has 1 aromatic carbocycles. The van der Waals surface area contributed by atoms with Crippen LogP contribution in [0.4, 0.5) is 5.82 Å². The lowest BCUT2D eigenvalue weighted by molar-refractivity contribution is 0.839. The van der Waals surface area contributed by atoms with Crippen LogP contribution in [0.1, 0.15) is 18.4 Å². The molecule has 0 saturated carbocycles. The Morgan fingerprint density at radius 2 is 2.00 bits per heavy atom. The molecule has 0 aliphatic carbocycles. The average molecular weight is 254 g/mol. The molecule has 1 aliphatic rings. The second-order valence-corrected chi connectivity index (χ2v) is 5.04. The minimum atomic E-state index is 0.750. The maximum absolute atomic E-state index is 4.76. The molecule has 1 aliphatic heterocycles. The molecule has 4 rings (SSSR count). The minimum absolute atomic E-state index is 0.750. The molecular weight excluding hydrogens is 240 g/mol. The van der Waals surface area contributed by atoms with E-state index in [1.54, 1.807) is 4.52 Å². The standard InChI is InChI=1S/C13H14N6/c1-9-4-5-10-11(8-9)19-13(15-16-17-19)12(14-10)18-6-2-3-7-18/h4-5,8H,2-3,6-7H2,1H3. The topological polar surface area (TPSA) is 59.2 Å². The molecule has 0 unspecified atom stereocenters. The smallest absolute Gasteiger partial charge is 0.222 e. The van der Waals surface area contributed by atoms with Gasteiger partial charge in [-0.05, 0) is 47.9 Å². The van der Waals surface area contributed by atoms with Crippen LogP contribution in [-0.4, -0.2) is 38.1 Å². The number of hydrogen-bond donors (Lipinski definition) is 0. The molecule has 6 nitrogen and oxygen atoms in total. The molecule has 2 aromatic heterocycles. The molecule has 1 saturated heterocycles. The minimum Gasteiger partial charge on any atom is -0.353 e. The van der Waals surface area contributed by atoms with Gasteiger partial charge in [0.1, 0.15) is 0 Å². The Morgan fingerprint density at radius 3 is 2.84 bits per heavy atom. The first-order valence-corrected chi connectivity index (χ1v) is 6.56. The van der Waals surface area contributed by atoms with E-state index in [9.17, 15) is 0 Å². The fourth-order valence-electron chi connectivity index (χ4n) is 2.69. The third-order valence-electron chi connectivity index (χ3n) is 3.66. The lowest BCUT2D eigenvalue weighted by Gasteiger charge is -2.17. The highest BCUT2D eigenvalue weighted by Crippen LogP contribution is 2.25. The molecule has 0 bridgehead atoms. The number of aryl methyl sites for hydroxylation is 1. The molecule has 0 atom stereocenters. The molecule has 6 heteroatoms. The Labute approximate surface area is 110 Å². The maximum Gasteiger partial charge on any atom is 0.222 e. The van der Waals surface area contributed by atoms with Gasteiger partial charge in [-0.2, -0.15) is 4.52 Å². The number of hydrogen-bond acceptors (Lipinski definition) is 5. The van der Waals surface area contributed by atoms with Crippen LogP contribution in [0, 0.1) is 6.92 Å². The Morgan fingerprint density at radius 1 is 1.16 bits per heavy atom. The van der Waals surface area contributed by atoms with E-state index in [1.165, 1.54) is 18.4 Å². The molecule has 3 aromatic rings. The predicted octanol–water partition coefficient (Wildman–Crippen LogP) is 1.58. The lowest BCUT2D eigenvalue weighted by Crippen LogP contribution is -2.20. The molecule has 0 amide bonds. The van der Waals surface area contributed by atoms with Crippen molar-refractivity contribution in [2.24, 2.45) is 0 Å². The van der Waals surface area contributed by atoms with Crippen molar-refractivity contribution in [2.45, 2.75) is 19.8 Å². The first kappa shape index (κ1) is 10.7. The van der Waals surface area contributed by atoms with Crippen LogP contribution in [-0.2, 0) is 0 Å². The van der Waals surface area contributed by atoms with Crippen molar-refractivity contribution in [3.8, 4) is 0 Å². The van der Waals surface area contributed by atoms with E-state index in [2.05, 4.69) is 39.5 Å². The molecule has 0 spiro atoms. The van der Waals surface area contributed by atoms with Gasteiger partial charge in [-0.15, -0.1) is 5.10 Å². The van der Waals surface area contributed by atoms with Crippen molar-refractivity contribution < 1.29 is 0 Å². The first-order valence-electron chi connectivity index (χ1n) is 6.56. The van der Waals surface area contributed by atoms with Crippen LogP contribution in [0.3, 0.4) is 0 Å². The zero-order valence-corrected chi connectivity index (χ0v) is 10.7. The second-order valence-electron chi connectivity index (χ2n) is 5.04. The summed E-state index contributed by atoms with van der Waals surface area (Å²) in [4.78, 5) is 7.03. The lowest BCUT2D eigenvalue weighted by atomic mass is 10.2. The maximum atomic E-state index is 4.76. The number of aromatic nitrogens is 5. The second kappa shape index (κ2) is 3.88. The van der Waals surface area contributed by atoms with E-state index in [0.717, 1.165) is 35.6 Å². The number of benzene rings is 1. The summed E-state index contributed by atoms with van der Waals surface area (Å²) in [6.45, 7) is 4.13. The van der Waals surface area contributed by atoms with E-state index < -0.39 is 0 Å².